The molecule has 0 N–H and O–H groups in total. The van der Waals surface area contributed by atoms with Gasteiger partial charge in [-0.15, -0.1) is 0 Å². The van der Waals surface area contributed by atoms with E-state index in [2.05, 4.69) is 199 Å². The van der Waals surface area contributed by atoms with E-state index in [1.165, 1.54) is 43.8 Å². The van der Waals surface area contributed by atoms with Crippen molar-refractivity contribution in [2.24, 2.45) is 0 Å². The van der Waals surface area contributed by atoms with Gasteiger partial charge in [-0.05, 0) is 80.2 Å². The second-order valence-corrected chi connectivity index (χ2v) is 13.2. The lowest BCUT2D eigenvalue weighted by molar-refractivity contribution is 0.669. The lowest BCUT2D eigenvalue weighted by Gasteiger charge is -2.30. The highest BCUT2D eigenvalue weighted by Gasteiger charge is 2.23. The maximum absolute atomic E-state index is 6.37. The number of anilines is 3. The van der Waals surface area contributed by atoms with E-state index in [4.69, 9.17) is 4.42 Å². The molecule has 0 spiro atoms. The van der Waals surface area contributed by atoms with Gasteiger partial charge in [0, 0.05) is 27.6 Å². The Kier molecular flexibility index (Phi) is 7.18. The third kappa shape index (κ3) is 4.96. The second kappa shape index (κ2) is 12.5. The summed E-state index contributed by atoms with van der Waals surface area (Å²) in [7, 11) is 0. The predicted octanol–water partition coefficient (Wildman–Crippen LogP) is 14.4. The first-order chi connectivity index (χ1) is 25.8. The fraction of sp³-hybridized carbons (Fsp3) is 0. The fourth-order valence-electron chi connectivity index (χ4n) is 7.93. The van der Waals surface area contributed by atoms with Crippen molar-refractivity contribution in [1.82, 2.24) is 0 Å². The zero-order valence-corrected chi connectivity index (χ0v) is 28.4. The zero-order valence-electron chi connectivity index (χ0n) is 28.4. The van der Waals surface area contributed by atoms with Crippen LogP contribution in [0.5, 0.6) is 0 Å². The summed E-state index contributed by atoms with van der Waals surface area (Å²) in [4.78, 5) is 2.43. The molecule has 10 aromatic rings. The Bertz CT molecular complexity index is 2910. The minimum Gasteiger partial charge on any atom is -0.456 e. The molecular formula is C50H33NO. The van der Waals surface area contributed by atoms with Gasteiger partial charge >= 0.3 is 0 Å². The van der Waals surface area contributed by atoms with Gasteiger partial charge in [-0.1, -0.05) is 164 Å². The van der Waals surface area contributed by atoms with Gasteiger partial charge in [-0.3, -0.25) is 0 Å². The van der Waals surface area contributed by atoms with Crippen LogP contribution in [-0.2, 0) is 0 Å². The summed E-state index contributed by atoms with van der Waals surface area (Å²) in [5.41, 5.74) is 12.1. The summed E-state index contributed by atoms with van der Waals surface area (Å²) in [5.74, 6) is 0. The molecule has 2 nitrogen and oxygen atoms in total. The van der Waals surface area contributed by atoms with E-state index in [0.29, 0.717) is 0 Å². The Morgan fingerprint density at radius 3 is 1.48 bits per heavy atom. The molecule has 1 aromatic heterocycles. The molecular weight excluding hydrogens is 631 g/mol. The van der Waals surface area contributed by atoms with E-state index in [-0.39, 0.29) is 0 Å². The number of fused-ring (bicyclic) bond motifs is 5. The molecule has 0 amide bonds. The Hall–Kier alpha value is -6.90. The van der Waals surface area contributed by atoms with Crippen molar-refractivity contribution in [2.45, 2.75) is 0 Å². The maximum atomic E-state index is 6.37. The fourth-order valence-corrected chi connectivity index (χ4v) is 7.93. The molecule has 0 saturated heterocycles. The molecule has 2 heteroatoms. The number of hydrogen-bond donors (Lipinski definition) is 0. The molecule has 0 aliphatic rings. The number of para-hydroxylation sites is 3. The highest BCUT2D eigenvalue weighted by atomic mass is 16.3. The maximum Gasteiger partial charge on any atom is 0.136 e. The van der Waals surface area contributed by atoms with E-state index >= 15 is 0 Å². The summed E-state index contributed by atoms with van der Waals surface area (Å²) >= 11 is 0. The molecule has 1 heterocycles. The van der Waals surface area contributed by atoms with Crippen LogP contribution in [0.1, 0.15) is 0 Å². The van der Waals surface area contributed by atoms with Gasteiger partial charge in [-0.2, -0.15) is 0 Å². The van der Waals surface area contributed by atoms with Gasteiger partial charge in [0.05, 0.1) is 11.4 Å². The van der Waals surface area contributed by atoms with Gasteiger partial charge in [0.1, 0.15) is 11.2 Å². The smallest absolute Gasteiger partial charge is 0.136 e. The predicted molar refractivity (Wildman–Crippen MR) is 220 cm³/mol. The number of rotatable bonds is 6. The minimum absolute atomic E-state index is 0.885. The summed E-state index contributed by atoms with van der Waals surface area (Å²) < 4.78 is 6.37. The van der Waals surface area contributed by atoms with Gasteiger partial charge in [-0.25, -0.2) is 0 Å². The first-order valence-corrected chi connectivity index (χ1v) is 17.8. The molecule has 0 saturated carbocycles. The lowest BCUT2D eigenvalue weighted by Crippen LogP contribution is -2.12. The molecule has 244 valence electrons. The van der Waals surface area contributed by atoms with Crippen molar-refractivity contribution in [3.63, 3.8) is 0 Å². The third-order valence-corrected chi connectivity index (χ3v) is 10.3. The number of furan rings is 1. The van der Waals surface area contributed by atoms with Gasteiger partial charge < -0.3 is 9.32 Å². The quantitative estimate of drug-likeness (QED) is 0.176. The molecule has 0 radical (unpaired) electrons. The summed E-state index contributed by atoms with van der Waals surface area (Å²) in [6.07, 6.45) is 0. The van der Waals surface area contributed by atoms with Gasteiger partial charge in [0.25, 0.3) is 0 Å². The third-order valence-electron chi connectivity index (χ3n) is 10.3. The first-order valence-electron chi connectivity index (χ1n) is 17.8. The van der Waals surface area contributed by atoms with Crippen LogP contribution in [0.25, 0.3) is 76.9 Å². The van der Waals surface area contributed by atoms with Crippen molar-refractivity contribution in [2.75, 3.05) is 4.90 Å². The van der Waals surface area contributed by atoms with Crippen molar-refractivity contribution in [1.29, 1.82) is 0 Å². The molecule has 0 fully saturated rings. The SMILES string of the molecule is c1ccc(N(c2ccc(-c3cccc4ccccc34)cc2)c2ccccc2-c2cccc3oc4ccccc4c23)c(-c2cccc3ccccc23)c1. The molecule has 0 aliphatic carbocycles. The molecule has 9 aromatic carbocycles. The largest absolute Gasteiger partial charge is 0.456 e. The van der Waals surface area contributed by atoms with Crippen molar-refractivity contribution >= 4 is 60.5 Å². The Balaban J connectivity index is 1.22. The number of benzene rings is 9. The highest BCUT2D eigenvalue weighted by molar-refractivity contribution is 6.14. The van der Waals surface area contributed by atoms with Crippen LogP contribution < -0.4 is 4.90 Å². The monoisotopic (exact) mass is 663 g/mol. The van der Waals surface area contributed by atoms with Gasteiger partial charge in [0.2, 0.25) is 0 Å². The van der Waals surface area contributed by atoms with E-state index in [1.54, 1.807) is 0 Å². The molecule has 0 aliphatic heterocycles. The standard InChI is InChI=1S/C50H33NO/c1-3-18-38-34(14-1)16-11-23-39(38)36-30-32-37(33-31-36)51(46-26-8-5-20-42(46)41-24-12-17-35-15-2-4-19-40(35)41)47-27-9-6-21-43(47)44-25-13-29-49-50(44)45-22-7-10-28-48(45)52-49/h1-33H. The van der Waals surface area contributed by atoms with Crippen LogP contribution in [0, 0.1) is 0 Å². The number of hydrogen-bond acceptors (Lipinski definition) is 2. The van der Waals surface area contributed by atoms with Crippen molar-refractivity contribution in [3.8, 4) is 33.4 Å². The van der Waals surface area contributed by atoms with Crippen LogP contribution in [0.4, 0.5) is 17.1 Å². The summed E-state index contributed by atoms with van der Waals surface area (Å²) in [5, 5.41) is 7.18. The van der Waals surface area contributed by atoms with Crippen LogP contribution in [-0.4, -0.2) is 0 Å². The Labute approximate surface area is 302 Å². The summed E-state index contributed by atoms with van der Waals surface area (Å²) in [6.45, 7) is 0. The topological polar surface area (TPSA) is 16.4 Å². The van der Waals surface area contributed by atoms with E-state index < -0.39 is 0 Å². The summed E-state index contributed by atoms with van der Waals surface area (Å²) in [6, 6.07) is 71.7. The van der Waals surface area contributed by atoms with Crippen molar-refractivity contribution in [3.05, 3.63) is 200 Å². The average Bonchev–Trinajstić information content (AvgIpc) is 3.60. The highest BCUT2D eigenvalue weighted by Crippen LogP contribution is 2.48. The number of nitrogens with zero attached hydrogens (tertiary/aromatic N) is 1. The van der Waals surface area contributed by atoms with Crippen molar-refractivity contribution < 1.29 is 4.42 Å². The van der Waals surface area contributed by atoms with Crippen LogP contribution >= 0.6 is 0 Å². The van der Waals surface area contributed by atoms with Gasteiger partial charge in [0.15, 0.2) is 0 Å². The second-order valence-electron chi connectivity index (χ2n) is 13.2. The minimum atomic E-state index is 0.885. The normalized spacial score (nSPS) is 11.5. The average molecular weight is 664 g/mol. The van der Waals surface area contributed by atoms with E-state index in [1.807, 2.05) is 6.07 Å². The van der Waals surface area contributed by atoms with Crippen LogP contribution in [0.2, 0.25) is 0 Å². The molecule has 0 unspecified atom stereocenters. The molecule has 0 atom stereocenters. The van der Waals surface area contributed by atoms with E-state index in [0.717, 1.165) is 50.1 Å². The van der Waals surface area contributed by atoms with E-state index in [9.17, 15) is 0 Å². The van der Waals surface area contributed by atoms with Crippen LogP contribution in [0.3, 0.4) is 0 Å². The zero-order chi connectivity index (χ0) is 34.4. The Morgan fingerprint density at radius 2 is 0.769 bits per heavy atom. The first kappa shape index (κ1) is 30.0. The molecule has 52 heavy (non-hydrogen) atoms. The lowest BCUT2D eigenvalue weighted by atomic mass is 9.94. The Morgan fingerprint density at radius 1 is 0.308 bits per heavy atom. The molecule has 0 bridgehead atoms. The molecule has 10 rings (SSSR count). The van der Waals surface area contributed by atoms with Crippen LogP contribution in [0.15, 0.2) is 205 Å².